The highest BCUT2D eigenvalue weighted by Gasteiger charge is 2.33. The topological polar surface area (TPSA) is 86.8 Å². The van der Waals surface area contributed by atoms with E-state index in [1.165, 1.54) is 35.2 Å². The summed E-state index contributed by atoms with van der Waals surface area (Å²) in [7, 11) is -4.36. The molecule has 1 unspecified atom stereocenters. The number of halogens is 3. The highest BCUT2D eigenvalue weighted by atomic mass is 35.5. The van der Waals surface area contributed by atoms with Gasteiger partial charge in [-0.25, -0.2) is 12.8 Å². The Morgan fingerprint density at radius 3 is 2.30 bits per heavy atom. The van der Waals surface area contributed by atoms with Crippen LogP contribution in [0.15, 0.2) is 71.6 Å². The number of amides is 2. The van der Waals surface area contributed by atoms with Crippen LogP contribution in [0, 0.1) is 12.7 Å². The van der Waals surface area contributed by atoms with Crippen molar-refractivity contribution < 1.29 is 22.4 Å². The number of nitrogens with zero attached hydrogens (tertiary/aromatic N) is 2. The number of benzene rings is 3. The first-order chi connectivity index (χ1) is 18.9. The average molecular weight is 609 g/mol. The molecule has 0 aliphatic heterocycles. The summed E-state index contributed by atoms with van der Waals surface area (Å²) >= 11 is 12.2. The van der Waals surface area contributed by atoms with Crippen molar-refractivity contribution in [2.75, 3.05) is 17.4 Å². The highest BCUT2D eigenvalue weighted by molar-refractivity contribution is 7.92. The summed E-state index contributed by atoms with van der Waals surface area (Å²) in [6.45, 7) is 4.97. The molecular weight excluding hydrogens is 576 g/mol. The summed E-state index contributed by atoms with van der Waals surface area (Å²) in [5, 5.41) is 3.40. The van der Waals surface area contributed by atoms with Crippen molar-refractivity contribution in [1.82, 2.24) is 10.2 Å². The number of sulfonamides is 1. The van der Waals surface area contributed by atoms with Gasteiger partial charge in [0, 0.05) is 13.1 Å². The second-order valence-electron chi connectivity index (χ2n) is 9.37. The third kappa shape index (κ3) is 7.74. The fourth-order valence-corrected chi connectivity index (χ4v) is 5.70. The van der Waals surface area contributed by atoms with Crippen molar-refractivity contribution in [2.24, 2.45) is 0 Å². The summed E-state index contributed by atoms with van der Waals surface area (Å²) in [5.74, 6) is -1.92. The van der Waals surface area contributed by atoms with Crippen molar-refractivity contribution in [2.45, 2.75) is 51.1 Å². The third-order valence-corrected chi connectivity index (χ3v) is 8.86. The van der Waals surface area contributed by atoms with Gasteiger partial charge in [-0.2, -0.15) is 0 Å². The molecular formula is C29H32Cl2FN3O4S. The van der Waals surface area contributed by atoms with Crippen LogP contribution >= 0.6 is 23.2 Å². The molecule has 1 N–H and O–H groups in total. The number of aryl methyl sites for hydroxylation is 1. The number of carbonyl (C=O) groups excluding carboxylic acids is 2. The quantitative estimate of drug-likeness (QED) is 0.257. The molecule has 3 aromatic carbocycles. The molecule has 1 atom stereocenters. The van der Waals surface area contributed by atoms with Crippen LogP contribution in [0.3, 0.4) is 0 Å². The van der Waals surface area contributed by atoms with Gasteiger partial charge in [0.2, 0.25) is 11.8 Å². The lowest BCUT2D eigenvalue weighted by molar-refractivity contribution is -0.139. The fraction of sp³-hybridized carbons (Fsp3) is 0.310. The van der Waals surface area contributed by atoms with Gasteiger partial charge in [0.15, 0.2) is 0 Å². The van der Waals surface area contributed by atoms with Crippen LogP contribution in [0.2, 0.25) is 10.0 Å². The Bertz CT molecular complexity index is 1450. The van der Waals surface area contributed by atoms with Crippen molar-refractivity contribution in [1.29, 1.82) is 0 Å². The SMILES string of the molecule is CCCCNC(=O)C(C)N(Cc1ccc(Cl)c(Cl)c1)C(=O)CN(c1ccccc1F)S(=O)(=O)c1ccc(C)cc1. The summed E-state index contributed by atoms with van der Waals surface area (Å²) in [4.78, 5) is 28.0. The van der Waals surface area contributed by atoms with Gasteiger partial charge in [-0.1, -0.05) is 72.4 Å². The minimum absolute atomic E-state index is 0.0617. The molecule has 11 heteroatoms. The molecule has 7 nitrogen and oxygen atoms in total. The Balaban J connectivity index is 2.02. The summed E-state index contributed by atoms with van der Waals surface area (Å²) in [6, 6.07) is 15.2. The maximum Gasteiger partial charge on any atom is 0.264 e. The molecule has 0 radical (unpaired) electrons. The molecule has 0 spiro atoms. The molecule has 3 aromatic rings. The smallest absolute Gasteiger partial charge is 0.264 e. The number of hydrogen-bond acceptors (Lipinski definition) is 4. The van der Waals surface area contributed by atoms with Gasteiger partial charge in [0.25, 0.3) is 10.0 Å². The number of hydrogen-bond donors (Lipinski definition) is 1. The number of nitrogens with one attached hydrogen (secondary N) is 1. The maximum atomic E-state index is 15.0. The molecule has 40 heavy (non-hydrogen) atoms. The largest absolute Gasteiger partial charge is 0.354 e. The summed E-state index contributed by atoms with van der Waals surface area (Å²) < 4.78 is 43.2. The zero-order chi connectivity index (χ0) is 29.4. The van der Waals surface area contributed by atoms with Gasteiger partial charge in [0.05, 0.1) is 20.6 Å². The number of rotatable bonds is 12. The van der Waals surface area contributed by atoms with Crippen molar-refractivity contribution in [3.8, 4) is 0 Å². The van der Waals surface area contributed by atoms with Crippen LogP contribution in [-0.4, -0.2) is 44.3 Å². The van der Waals surface area contributed by atoms with Gasteiger partial charge in [-0.3, -0.25) is 13.9 Å². The predicted molar refractivity (Wildman–Crippen MR) is 157 cm³/mol. The number of carbonyl (C=O) groups is 2. The van der Waals surface area contributed by atoms with Crippen molar-refractivity contribution in [3.05, 3.63) is 93.7 Å². The van der Waals surface area contributed by atoms with E-state index in [0.29, 0.717) is 17.1 Å². The van der Waals surface area contributed by atoms with E-state index in [1.807, 2.05) is 13.8 Å². The van der Waals surface area contributed by atoms with E-state index in [-0.39, 0.29) is 22.2 Å². The first kappa shape index (κ1) is 31.4. The Morgan fingerprint density at radius 1 is 1.00 bits per heavy atom. The minimum Gasteiger partial charge on any atom is -0.354 e. The van der Waals surface area contributed by atoms with Crippen LogP contribution in [0.25, 0.3) is 0 Å². The van der Waals surface area contributed by atoms with E-state index in [0.717, 1.165) is 28.8 Å². The van der Waals surface area contributed by atoms with Gasteiger partial charge < -0.3 is 10.2 Å². The van der Waals surface area contributed by atoms with E-state index in [1.54, 1.807) is 37.3 Å². The lowest BCUT2D eigenvalue weighted by Gasteiger charge is -2.32. The van der Waals surface area contributed by atoms with Gasteiger partial charge in [-0.15, -0.1) is 0 Å². The molecule has 0 bridgehead atoms. The van der Waals surface area contributed by atoms with E-state index < -0.39 is 40.2 Å². The zero-order valence-electron chi connectivity index (χ0n) is 22.5. The Morgan fingerprint density at radius 2 is 1.68 bits per heavy atom. The predicted octanol–water partition coefficient (Wildman–Crippen LogP) is 5.97. The molecule has 0 heterocycles. The van der Waals surface area contributed by atoms with E-state index >= 15 is 0 Å². The molecule has 3 rings (SSSR count). The second kappa shape index (κ2) is 14.0. The van der Waals surface area contributed by atoms with Crippen LogP contribution in [-0.2, 0) is 26.2 Å². The first-order valence-electron chi connectivity index (χ1n) is 12.8. The number of anilines is 1. The molecule has 214 valence electrons. The summed E-state index contributed by atoms with van der Waals surface area (Å²) in [5.41, 5.74) is 1.13. The zero-order valence-corrected chi connectivity index (χ0v) is 24.9. The minimum atomic E-state index is -4.36. The second-order valence-corrected chi connectivity index (χ2v) is 12.0. The van der Waals surface area contributed by atoms with Crippen LogP contribution in [0.5, 0.6) is 0 Å². The Labute approximate surface area is 244 Å². The Hall–Kier alpha value is -3.14. The van der Waals surface area contributed by atoms with Gasteiger partial charge in [0.1, 0.15) is 18.4 Å². The van der Waals surface area contributed by atoms with E-state index in [9.17, 15) is 22.4 Å². The van der Waals surface area contributed by atoms with E-state index in [4.69, 9.17) is 23.2 Å². The first-order valence-corrected chi connectivity index (χ1v) is 15.0. The van der Waals surface area contributed by atoms with Crippen molar-refractivity contribution in [3.63, 3.8) is 0 Å². The highest BCUT2D eigenvalue weighted by Crippen LogP contribution is 2.28. The average Bonchev–Trinajstić information content (AvgIpc) is 2.92. The fourth-order valence-electron chi connectivity index (χ4n) is 3.96. The number of para-hydroxylation sites is 1. The number of unbranched alkanes of at least 4 members (excludes halogenated alkanes) is 1. The van der Waals surface area contributed by atoms with Crippen LogP contribution < -0.4 is 9.62 Å². The molecule has 0 aliphatic carbocycles. The standard InChI is InChI=1S/C29H32Cl2FN3O4S/c1-4-5-16-33-29(37)21(3)34(18-22-12-15-24(30)25(31)17-22)28(36)19-35(27-9-7-6-8-26(27)32)40(38,39)23-13-10-20(2)11-14-23/h6-15,17,21H,4-5,16,18-19H2,1-3H3,(H,33,37). The molecule has 2 amide bonds. The normalized spacial score (nSPS) is 12.1. The lowest BCUT2D eigenvalue weighted by Crippen LogP contribution is -2.51. The molecule has 0 saturated heterocycles. The third-order valence-electron chi connectivity index (χ3n) is 6.34. The van der Waals surface area contributed by atoms with Gasteiger partial charge >= 0.3 is 0 Å². The molecule has 0 aromatic heterocycles. The van der Waals surface area contributed by atoms with Crippen LogP contribution in [0.1, 0.15) is 37.8 Å². The van der Waals surface area contributed by atoms with Crippen molar-refractivity contribution >= 4 is 50.7 Å². The van der Waals surface area contributed by atoms with Crippen LogP contribution in [0.4, 0.5) is 10.1 Å². The van der Waals surface area contributed by atoms with Gasteiger partial charge in [-0.05, 0) is 62.2 Å². The molecule has 0 fully saturated rings. The molecule has 0 saturated carbocycles. The summed E-state index contributed by atoms with van der Waals surface area (Å²) in [6.07, 6.45) is 1.63. The lowest BCUT2D eigenvalue weighted by atomic mass is 10.1. The monoisotopic (exact) mass is 607 g/mol. The Kier molecular flexibility index (Phi) is 11.0. The molecule has 0 aliphatic rings. The maximum absolute atomic E-state index is 15.0. The van der Waals surface area contributed by atoms with E-state index in [2.05, 4.69) is 5.32 Å².